The lowest BCUT2D eigenvalue weighted by Gasteiger charge is -2.14. The highest BCUT2D eigenvalue weighted by Gasteiger charge is 2.34. The van der Waals surface area contributed by atoms with Gasteiger partial charge in [0.1, 0.15) is 16.5 Å². The summed E-state index contributed by atoms with van der Waals surface area (Å²) < 4.78 is 37.7. The number of aromatic nitrogens is 3. The number of alkyl halides is 3. The number of nitrogens with one attached hydrogen (secondary N) is 1. The van der Waals surface area contributed by atoms with Gasteiger partial charge in [-0.2, -0.15) is 13.2 Å². The van der Waals surface area contributed by atoms with Crippen molar-refractivity contribution >= 4 is 17.2 Å². The van der Waals surface area contributed by atoms with E-state index in [1.54, 1.807) is 13.8 Å². The number of carbonyl (C=O) groups excluding carboxylic acids is 1. The fourth-order valence-corrected chi connectivity index (χ4v) is 2.69. The van der Waals surface area contributed by atoms with Gasteiger partial charge in [0.15, 0.2) is 5.69 Å². The fourth-order valence-electron chi connectivity index (χ4n) is 1.73. The Kier molecular flexibility index (Phi) is 4.74. The summed E-state index contributed by atoms with van der Waals surface area (Å²) in [4.78, 5) is 23.5. The first-order valence-corrected chi connectivity index (χ1v) is 7.32. The maximum Gasteiger partial charge on any atom is 0.434 e. The Labute approximate surface area is 128 Å². The average molecular weight is 330 g/mol. The van der Waals surface area contributed by atoms with Crippen LogP contribution in [0.5, 0.6) is 0 Å². The van der Waals surface area contributed by atoms with E-state index < -0.39 is 23.8 Å². The Hall–Kier alpha value is -2.03. The van der Waals surface area contributed by atoms with Crippen LogP contribution in [0.15, 0.2) is 17.6 Å². The lowest BCUT2D eigenvalue weighted by Crippen LogP contribution is -2.29. The van der Waals surface area contributed by atoms with E-state index >= 15 is 0 Å². The Balaban J connectivity index is 2.15. The predicted molar refractivity (Wildman–Crippen MR) is 74.4 cm³/mol. The third-order valence-corrected chi connectivity index (χ3v) is 3.79. The molecular formula is C13H13F3N4OS. The van der Waals surface area contributed by atoms with Crippen LogP contribution in [0.4, 0.5) is 13.2 Å². The van der Waals surface area contributed by atoms with Gasteiger partial charge < -0.3 is 5.32 Å². The van der Waals surface area contributed by atoms with Crippen molar-refractivity contribution in [1.29, 1.82) is 0 Å². The maximum atomic E-state index is 12.6. The molecule has 0 aliphatic carbocycles. The standard InChI is InChI=1S/C13H13F3N4OS/c1-3-8(12-20-10(6-22-12)13(14,15)16)19-11(21)9-4-5-17-7(2)18-9/h4-6,8H,3H2,1-2H3,(H,19,21)/t8-/m0/s1. The SMILES string of the molecule is CC[C@H](NC(=O)c1ccnc(C)n1)c1nc(C(F)(F)F)cs1. The molecule has 0 aliphatic heterocycles. The van der Waals surface area contributed by atoms with E-state index in [0.717, 1.165) is 16.7 Å². The number of thiazole rings is 1. The van der Waals surface area contributed by atoms with Crippen molar-refractivity contribution in [3.8, 4) is 0 Å². The molecule has 0 aromatic carbocycles. The zero-order chi connectivity index (χ0) is 16.3. The molecule has 0 bridgehead atoms. The summed E-state index contributed by atoms with van der Waals surface area (Å²) in [7, 11) is 0. The zero-order valence-electron chi connectivity index (χ0n) is 11.8. The van der Waals surface area contributed by atoms with Crippen molar-refractivity contribution in [3.05, 3.63) is 39.9 Å². The topological polar surface area (TPSA) is 67.8 Å². The van der Waals surface area contributed by atoms with E-state index in [4.69, 9.17) is 0 Å². The van der Waals surface area contributed by atoms with Gasteiger partial charge >= 0.3 is 6.18 Å². The van der Waals surface area contributed by atoms with Crippen LogP contribution in [0, 0.1) is 6.92 Å². The summed E-state index contributed by atoms with van der Waals surface area (Å²) in [6, 6.07) is 0.849. The highest BCUT2D eigenvalue weighted by atomic mass is 32.1. The van der Waals surface area contributed by atoms with Crippen molar-refractivity contribution in [2.45, 2.75) is 32.5 Å². The number of carbonyl (C=O) groups is 1. The average Bonchev–Trinajstić information content (AvgIpc) is 2.94. The van der Waals surface area contributed by atoms with Crippen LogP contribution in [-0.4, -0.2) is 20.9 Å². The minimum atomic E-state index is -4.49. The highest BCUT2D eigenvalue weighted by molar-refractivity contribution is 7.09. The summed E-state index contributed by atoms with van der Waals surface area (Å²) in [5.41, 5.74) is -0.781. The predicted octanol–water partition coefficient (Wildman–Crippen LogP) is 3.14. The molecule has 0 fully saturated rings. The molecule has 2 aromatic heterocycles. The fraction of sp³-hybridized carbons (Fsp3) is 0.385. The smallest absolute Gasteiger partial charge is 0.341 e. The third-order valence-electron chi connectivity index (χ3n) is 2.83. The molecule has 1 amide bonds. The second kappa shape index (κ2) is 6.39. The molecule has 2 rings (SSSR count). The van der Waals surface area contributed by atoms with Gasteiger partial charge in [0.2, 0.25) is 0 Å². The molecule has 1 N–H and O–H groups in total. The first-order chi connectivity index (χ1) is 10.3. The number of hydrogen-bond acceptors (Lipinski definition) is 5. The summed E-state index contributed by atoms with van der Waals surface area (Å²) >= 11 is 0.871. The van der Waals surface area contributed by atoms with E-state index in [1.165, 1.54) is 12.3 Å². The maximum absolute atomic E-state index is 12.6. The Morgan fingerprint density at radius 3 is 2.68 bits per heavy atom. The van der Waals surface area contributed by atoms with Crippen LogP contribution < -0.4 is 5.32 Å². The van der Waals surface area contributed by atoms with Crippen molar-refractivity contribution in [1.82, 2.24) is 20.3 Å². The minimum absolute atomic E-state index is 0.165. The number of hydrogen-bond donors (Lipinski definition) is 1. The molecule has 0 saturated heterocycles. The summed E-state index contributed by atoms with van der Waals surface area (Å²) in [5.74, 6) is -0.0320. The van der Waals surface area contributed by atoms with Gasteiger partial charge in [0.25, 0.3) is 5.91 Å². The van der Waals surface area contributed by atoms with Gasteiger partial charge in [-0.25, -0.2) is 15.0 Å². The Morgan fingerprint density at radius 2 is 2.14 bits per heavy atom. The highest BCUT2D eigenvalue weighted by Crippen LogP contribution is 2.32. The lowest BCUT2D eigenvalue weighted by atomic mass is 10.2. The first kappa shape index (κ1) is 16.3. The Morgan fingerprint density at radius 1 is 1.41 bits per heavy atom. The molecule has 9 heteroatoms. The number of aryl methyl sites for hydroxylation is 1. The quantitative estimate of drug-likeness (QED) is 0.935. The van der Waals surface area contributed by atoms with Crippen molar-refractivity contribution in [2.24, 2.45) is 0 Å². The Bertz CT molecular complexity index is 671. The van der Waals surface area contributed by atoms with E-state index in [1.807, 2.05) is 0 Å². The number of halogens is 3. The van der Waals surface area contributed by atoms with Crippen LogP contribution in [0.3, 0.4) is 0 Å². The molecule has 0 radical (unpaired) electrons. The van der Waals surface area contributed by atoms with Crippen molar-refractivity contribution in [3.63, 3.8) is 0 Å². The van der Waals surface area contributed by atoms with Gasteiger partial charge in [-0.15, -0.1) is 11.3 Å². The molecular weight excluding hydrogens is 317 g/mol. The number of amides is 1. The van der Waals surface area contributed by atoms with Crippen molar-refractivity contribution < 1.29 is 18.0 Å². The molecule has 2 aromatic rings. The van der Waals surface area contributed by atoms with Crippen LogP contribution in [0.1, 0.15) is 46.4 Å². The van der Waals surface area contributed by atoms with Gasteiger partial charge in [-0.1, -0.05) is 6.92 Å². The second-order valence-electron chi connectivity index (χ2n) is 4.49. The van der Waals surface area contributed by atoms with Crippen LogP contribution in [0.25, 0.3) is 0 Å². The summed E-state index contributed by atoms with van der Waals surface area (Å²) in [6.07, 6.45) is -2.62. The summed E-state index contributed by atoms with van der Waals surface area (Å²) in [5, 5.41) is 3.80. The molecule has 0 spiro atoms. The van der Waals surface area contributed by atoms with E-state index in [2.05, 4.69) is 20.3 Å². The van der Waals surface area contributed by atoms with Crippen LogP contribution >= 0.6 is 11.3 Å². The van der Waals surface area contributed by atoms with Crippen LogP contribution in [-0.2, 0) is 6.18 Å². The molecule has 1 atom stereocenters. The molecule has 118 valence electrons. The van der Waals surface area contributed by atoms with Gasteiger partial charge in [0.05, 0.1) is 6.04 Å². The molecule has 0 unspecified atom stereocenters. The summed E-state index contributed by atoms with van der Waals surface area (Å²) in [6.45, 7) is 3.40. The molecule has 2 heterocycles. The third kappa shape index (κ3) is 3.79. The van der Waals surface area contributed by atoms with Gasteiger partial charge in [-0.05, 0) is 19.4 Å². The lowest BCUT2D eigenvalue weighted by molar-refractivity contribution is -0.140. The monoisotopic (exact) mass is 330 g/mol. The molecule has 0 aliphatic rings. The second-order valence-corrected chi connectivity index (χ2v) is 5.38. The minimum Gasteiger partial charge on any atom is -0.341 e. The number of rotatable bonds is 4. The zero-order valence-corrected chi connectivity index (χ0v) is 12.6. The van der Waals surface area contributed by atoms with E-state index in [0.29, 0.717) is 12.2 Å². The largest absolute Gasteiger partial charge is 0.434 e. The molecule has 5 nitrogen and oxygen atoms in total. The van der Waals surface area contributed by atoms with Crippen LogP contribution in [0.2, 0.25) is 0 Å². The molecule has 22 heavy (non-hydrogen) atoms. The normalized spacial score (nSPS) is 13.0. The van der Waals surface area contributed by atoms with E-state index in [9.17, 15) is 18.0 Å². The van der Waals surface area contributed by atoms with E-state index in [-0.39, 0.29) is 10.7 Å². The number of nitrogens with zero attached hydrogens (tertiary/aromatic N) is 3. The van der Waals surface area contributed by atoms with Crippen molar-refractivity contribution in [2.75, 3.05) is 0 Å². The van der Waals surface area contributed by atoms with Gasteiger partial charge in [-0.3, -0.25) is 4.79 Å². The van der Waals surface area contributed by atoms with Gasteiger partial charge in [0, 0.05) is 11.6 Å². The first-order valence-electron chi connectivity index (χ1n) is 6.44. The molecule has 0 saturated carbocycles.